The highest BCUT2D eigenvalue weighted by Gasteiger charge is 2.31. The van der Waals surface area contributed by atoms with Crippen LogP contribution < -0.4 is 5.32 Å². The number of nitrogens with one attached hydrogen (secondary N) is 1. The van der Waals surface area contributed by atoms with Gasteiger partial charge in [-0.25, -0.2) is 4.98 Å². The first-order valence-electron chi connectivity index (χ1n) is 5.39. The Morgan fingerprint density at radius 3 is 3.00 bits per heavy atom. The van der Waals surface area contributed by atoms with Crippen LogP contribution >= 0.6 is 11.6 Å². The fourth-order valence-electron chi connectivity index (χ4n) is 1.79. The molecule has 0 bridgehead atoms. The summed E-state index contributed by atoms with van der Waals surface area (Å²) in [6.07, 6.45) is 2.19. The number of aromatic nitrogens is 1. The van der Waals surface area contributed by atoms with E-state index in [9.17, 15) is 9.82 Å². The third-order valence-electron chi connectivity index (χ3n) is 2.83. The van der Waals surface area contributed by atoms with Gasteiger partial charge in [-0.3, -0.25) is 4.79 Å². The Labute approximate surface area is 105 Å². The Hall–Kier alpha value is -1.11. The Morgan fingerprint density at radius 2 is 2.41 bits per heavy atom. The van der Waals surface area contributed by atoms with Gasteiger partial charge in [0, 0.05) is 31.0 Å². The van der Waals surface area contributed by atoms with E-state index in [1.807, 2.05) is 4.81 Å². The number of anilines is 1. The maximum Gasteiger partial charge on any atom is 0.376 e. The first-order chi connectivity index (χ1) is 8.10. The van der Waals surface area contributed by atoms with Crippen LogP contribution in [-0.4, -0.2) is 47.3 Å². The molecule has 0 aliphatic carbocycles. The number of pyridine rings is 1. The average molecular weight is 253 g/mol. The first-order valence-corrected chi connectivity index (χ1v) is 5.77. The molecule has 0 radical (unpaired) electrons. The van der Waals surface area contributed by atoms with E-state index in [0.29, 0.717) is 16.4 Å². The highest BCUT2D eigenvalue weighted by molar-refractivity contribution is 6.45. The van der Waals surface area contributed by atoms with Crippen LogP contribution in [0.2, 0.25) is 12.0 Å². The topological polar surface area (TPSA) is 65.5 Å². The van der Waals surface area contributed by atoms with Gasteiger partial charge in [-0.2, -0.15) is 0 Å². The second-order valence-electron chi connectivity index (χ2n) is 4.14. The molecule has 2 N–H and O–H groups in total. The number of rotatable bonds is 4. The normalized spacial score (nSPS) is 16.4. The van der Waals surface area contributed by atoms with Gasteiger partial charge in [0.1, 0.15) is 5.15 Å². The molecule has 1 aliphatic rings. The van der Waals surface area contributed by atoms with Crippen molar-refractivity contribution in [2.75, 3.05) is 18.4 Å². The van der Waals surface area contributed by atoms with Crippen LogP contribution in [-0.2, 0) is 0 Å². The number of hydrogen-bond acceptors (Lipinski definition) is 5. The zero-order valence-electron chi connectivity index (χ0n) is 9.43. The van der Waals surface area contributed by atoms with Gasteiger partial charge >= 0.3 is 7.05 Å². The van der Waals surface area contributed by atoms with Gasteiger partial charge in [-0.15, -0.1) is 0 Å². The predicted octanol–water partition coefficient (Wildman–Crippen LogP) is 0.754. The van der Waals surface area contributed by atoms with E-state index in [0.717, 1.165) is 19.4 Å². The number of carbonyl (C=O) groups excluding carboxylic acids is 1. The molecule has 1 saturated heterocycles. The molecule has 2 heterocycles. The Bertz CT molecular complexity index is 424. The summed E-state index contributed by atoms with van der Waals surface area (Å²) in [4.78, 5) is 16.6. The van der Waals surface area contributed by atoms with Crippen molar-refractivity contribution < 1.29 is 9.82 Å². The first kappa shape index (κ1) is 12.4. The van der Waals surface area contributed by atoms with Gasteiger partial charge in [0.2, 0.25) is 0 Å². The van der Waals surface area contributed by atoms with E-state index in [1.165, 1.54) is 6.20 Å². The average Bonchev–Trinajstić information content (AvgIpc) is 2.22. The van der Waals surface area contributed by atoms with E-state index in [4.69, 9.17) is 11.6 Å². The van der Waals surface area contributed by atoms with Crippen molar-refractivity contribution in [2.45, 2.75) is 12.9 Å². The molecule has 1 aromatic heterocycles. The molecular formula is C10H13BClN3O2. The molecule has 1 aliphatic heterocycles. The minimum absolute atomic E-state index is 0.224. The number of aldehydes is 1. The van der Waals surface area contributed by atoms with Gasteiger partial charge in [0.15, 0.2) is 6.29 Å². The van der Waals surface area contributed by atoms with Crippen molar-refractivity contribution >= 4 is 30.6 Å². The second-order valence-corrected chi connectivity index (χ2v) is 4.53. The molecule has 0 amide bonds. The monoisotopic (exact) mass is 253 g/mol. The van der Waals surface area contributed by atoms with Crippen LogP contribution in [0.1, 0.15) is 10.4 Å². The van der Waals surface area contributed by atoms with Crippen molar-refractivity contribution in [1.82, 2.24) is 9.79 Å². The highest BCUT2D eigenvalue weighted by Crippen LogP contribution is 2.21. The van der Waals surface area contributed by atoms with E-state index in [2.05, 4.69) is 10.3 Å². The molecule has 1 aromatic rings. The van der Waals surface area contributed by atoms with Gasteiger partial charge in [-0.1, -0.05) is 11.6 Å². The summed E-state index contributed by atoms with van der Waals surface area (Å²) in [5.41, 5.74) is 1.18. The molecule has 1 fully saturated rings. The standard InChI is InChI=1S/C10H13BClN3O2/c1-11(17)15-4-8(5-15)14-9-2-10(12)13-3-7(9)6-16/h2-3,6,8,17H,4-5H2,1H3,(H,13,14). The maximum absolute atomic E-state index is 10.8. The Kier molecular flexibility index (Phi) is 3.66. The summed E-state index contributed by atoms with van der Waals surface area (Å²) in [5, 5.41) is 12.9. The van der Waals surface area contributed by atoms with Crippen LogP contribution in [0.25, 0.3) is 0 Å². The number of carbonyl (C=O) groups is 1. The minimum atomic E-state index is -0.431. The van der Waals surface area contributed by atoms with Crippen LogP contribution in [0.15, 0.2) is 12.3 Å². The summed E-state index contributed by atoms with van der Waals surface area (Å²) in [5.74, 6) is 0. The molecule has 17 heavy (non-hydrogen) atoms. The molecule has 0 aromatic carbocycles. The molecule has 0 unspecified atom stereocenters. The molecule has 2 rings (SSSR count). The van der Waals surface area contributed by atoms with Gasteiger partial charge in [0.05, 0.1) is 5.56 Å². The molecule has 0 spiro atoms. The largest absolute Gasteiger partial charge is 0.437 e. The maximum atomic E-state index is 10.8. The lowest BCUT2D eigenvalue weighted by atomic mass is 9.80. The summed E-state index contributed by atoms with van der Waals surface area (Å²) >= 11 is 5.78. The number of halogens is 1. The van der Waals surface area contributed by atoms with Crippen LogP contribution in [0.5, 0.6) is 0 Å². The lowest BCUT2D eigenvalue weighted by Crippen LogP contribution is -2.59. The fraction of sp³-hybridized carbons (Fsp3) is 0.400. The zero-order valence-corrected chi connectivity index (χ0v) is 10.2. The summed E-state index contributed by atoms with van der Waals surface area (Å²) in [6, 6.07) is 1.86. The Balaban J connectivity index is 2.00. The van der Waals surface area contributed by atoms with Gasteiger partial charge in [0.25, 0.3) is 0 Å². The lowest BCUT2D eigenvalue weighted by Gasteiger charge is -2.41. The van der Waals surface area contributed by atoms with E-state index < -0.39 is 7.05 Å². The van der Waals surface area contributed by atoms with Crippen molar-refractivity contribution in [1.29, 1.82) is 0 Å². The molecular weight excluding hydrogens is 240 g/mol. The highest BCUT2D eigenvalue weighted by atomic mass is 35.5. The van der Waals surface area contributed by atoms with Crippen molar-refractivity contribution in [2.24, 2.45) is 0 Å². The summed E-state index contributed by atoms with van der Waals surface area (Å²) in [6.45, 7) is 3.22. The minimum Gasteiger partial charge on any atom is -0.437 e. The third kappa shape index (κ3) is 2.77. The van der Waals surface area contributed by atoms with Gasteiger partial charge in [-0.05, 0) is 12.9 Å². The van der Waals surface area contributed by atoms with Crippen molar-refractivity contribution in [3.8, 4) is 0 Å². The quantitative estimate of drug-likeness (QED) is 0.471. The fourth-order valence-corrected chi connectivity index (χ4v) is 1.95. The molecule has 0 saturated carbocycles. The molecule has 5 nitrogen and oxygen atoms in total. The van der Waals surface area contributed by atoms with Crippen LogP contribution in [0, 0.1) is 0 Å². The summed E-state index contributed by atoms with van der Waals surface area (Å²) in [7, 11) is -0.431. The SMILES string of the molecule is CB(O)N1CC(Nc2cc(Cl)ncc2C=O)C1. The van der Waals surface area contributed by atoms with Crippen molar-refractivity contribution in [3.05, 3.63) is 23.0 Å². The summed E-state index contributed by atoms with van der Waals surface area (Å²) < 4.78 is 0. The lowest BCUT2D eigenvalue weighted by molar-refractivity contribution is 0.112. The molecule has 7 heteroatoms. The molecule has 90 valence electrons. The number of nitrogens with zero attached hydrogens (tertiary/aromatic N) is 2. The smallest absolute Gasteiger partial charge is 0.376 e. The Morgan fingerprint density at radius 1 is 1.71 bits per heavy atom. The predicted molar refractivity (Wildman–Crippen MR) is 67.5 cm³/mol. The zero-order chi connectivity index (χ0) is 12.4. The van der Waals surface area contributed by atoms with E-state index >= 15 is 0 Å². The third-order valence-corrected chi connectivity index (χ3v) is 3.03. The van der Waals surface area contributed by atoms with Crippen molar-refractivity contribution in [3.63, 3.8) is 0 Å². The molecule has 0 atom stereocenters. The second kappa shape index (κ2) is 5.04. The van der Waals surface area contributed by atoms with E-state index in [1.54, 1.807) is 12.9 Å². The van der Waals surface area contributed by atoms with Gasteiger partial charge < -0.3 is 15.2 Å². The van der Waals surface area contributed by atoms with E-state index in [-0.39, 0.29) is 6.04 Å². The number of hydrogen-bond donors (Lipinski definition) is 2. The van der Waals surface area contributed by atoms with Crippen LogP contribution in [0.3, 0.4) is 0 Å². The van der Waals surface area contributed by atoms with Crippen LogP contribution in [0.4, 0.5) is 5.69 Å².